The summed E-state index contributed by atoms with van der Waals surface area (Å²) < 4.78 is 1.95. The molecule has 2 N–H and O–H groups in total. The average molecular weight is 540 g/mol. The number of rotatable bonds is 9. The predicted molar refractivity (Wildman–Crippen MR) is 139 cm³/mol. The zero-order valence-electron chi connectivity index (χ0n) is 19.1. The molecular formula is C23H38IN7. The van der Waals surface area contributed by atoms with Gasteiger partial charge in [0.25, 0.3) is 0 Å². The Hall–Kier alpha value is -1.65. The van der Waals surface area contributed by atoms with Crippen LogP contribution in [-0.4, -0.2) is 77.4 Å². The maximum Gasteiger partial charge on any atom is 0.191 e. The van der Waals surface area contributed by atoms with Gasteiger partial charge in [-0.15, -0.1) is 24.0 Å². The van der Waals surface area contributed by atoms with Crippen molar-refractivity contribution < 1.29 is 0 Å². The quantitative estimate of drug-likeness (QED) is 0.292. The molecule has 0 bridgehead atoms. The normalized spacial score (nSPS) is 16.5. The van der Waals surface area contributed by atoms with E-state index in [1.54, 1.807) is 0 Å². The fourth-order valence-electron chi connectivity index (χ4n) is 3.83. The second-order valence-corrected chi connectivity index (χ2v) is 7.87. The van der Waals surface area contributed by atoms with Crippen molar-refractivity contribution in [3.05, 3.63) is 53.9 Å². The summed E-state index contributed by atoms with van der Waals surface area (Å²) in [6.07, 6.45) is 3.81. The first kappa shape index (κ1) is 25.6. The SMILES string of the molecule is CCNC(=NCc1ccccc1Cn1cccn1)NCC(C)N1CCN(CC)CC1.I. The van der Waals surface area contributed by atoms with Crippen LogP contribution in [-0.2, 0) is 13.1 Å². The van der Waals surface area contributed by atoms with E-state index in [2.05, 4.69) is 70.6 Å². The number of hydrogen-bond donors (Lipinski definition) is 2. The van der Waals surface area contributed by atoms with Gasteiger partial charge in [-0.25, -0.2) is 4.99 Å². The monoisotopic (exact) mass is 539 g/mol. The van der Waals surface area contributed by atoms with E-state index < -0.39 is 0 Å². The molecule has 8 heteroatoms. The first-order valence-corrected chi connectivity index (χ1v) is 11.2. The second kappa shape index (κ2) is 13.7. The van der Waals surface area contributed by atoms with Crippen LogP contribution in [0.5, 0.6) is 0 Å². The molecule has 1 aliphatic heterocycles. The smallest absolute Gasteiger partial charge is 0.191 e. The first-order valence-electron chi connectivity index (χ1n) is 11.2. The zero-order valence-corrected chi connectivity index (χ0v) is 21.5. The minimum absolute atomic E-state index is 0. The van der Waals surface area contributed by atoms with Crippen LogP contribution in [0.3, 0.4) is 0 Å². The van der Waals surface area contributed by atoms with Crippen molar-refractivity contribution >= 4 is 29.9 Å². The molecule has 0 aliphatic carbocycles. The van der Waals surface area contributed by atoms with Crippen molar-refractivity contribution in [2.75, 3.05) is 45.8 Å². The molecule has 1 saturated heterocycles. The largest absolute Gasteiger partial charge is 0.357 e. The highest BCUT2D eigenvalue weighted by molar-refractivity contribution is 14.0. The predicted octanol–water partition coefficient (Wildman–Crippen LogP) is 2.63. The summed E-state index contributed by atoms with van der Waals surface area (Å²) in [5.74, 6) is 0.880. The molecule has 7 nitrogen and oxygen atoms in total. The Kier molecular flexibility index (Phi) is 11.3. The number of piperazine rings is 1. The van der Waals surface area contributed by atoms with Crippen LogP contribution in [0.15, 0.2) is 47.7 Å². The highest BCUT2D eigenvalue weighted by atomic mass is 127. The molecule has 2 aromatic rings. The Morgan fingerprint density at radius 2 is 1.81 bits per heavy atom. The summed E-state index contributed by atoms with van der Waals surface area (Å²) in [6, 6.07) is 10.9. The standard InChI is InChI=1S/C23H37N7.HI/c1-4-24-23(25-17-20(3)29-15-13-28(5-2)14-16-29)26-18-21-9-6-7-10-22(21)19-30-12-8-11-27-30;/h6-12,20H,4-5,13-19H2,1-3H3,(H2,24,25,26);1H. The number of nitrogens with one attached hydrogen (secondary N) is 2. The van der Waals surface area contributed by atoms with Gasteiger partial charge in [0.15, 0.2) is 5.96 Å². The summed E-state index contributed by atoms with van der Waals surface area (Å²) in [5, 5.41) is 11.3. The lowest BCUT2D eigenvalue weighted by Crippen LogP contribution is -2.53. The lowest BCUT2D eigenvalue weighted by atomic mass is 10.1. The molecule has 1 aromatic heterocycles. The van der Waals surface area contributed by atoms with Crippen LogP contribution in [0.1, 0.15) is 31.9 Å². The van der Waals surface area contributed by atoms with E-state index in [9.17, 15) is 0 Å². The van der Waals surface area contributed by atoms with Crippen LogP contribution < -0.4 is 10.6 Å². The second-order valence-electron chi connectivity index (χ2n) is 7.87. The summed E-state index contributed by atoms with van der Waals surface area (Å²) in [5.41, 5.74) is 2.48. The molecule has 2 heterocycles. The van der Waals surface area contributed by atoms with E-state index in [-0.39, 0.29) is 24.0 Å². The number of likely N-dealkylation sites (N-methyl/N-ethyl adjacent to an activating group) is 1. The number of nitrogens with zero attached hydrogens (tertiary/aromatic N) is 5. The van der Waals surface area contributed by atoms with E-state index in [4.69, 9.17) is 4.99 Å². The third-order valence-electron chi connectivity index (χ3n) is 5.80. The van der Waals surface area contributed by atoms with Gasteiger partial charge in [-0.3, -0.25) is 9.58 Å². The third-order valence-corrected chi connectivity index (χ3v) is 5.80. The maximum atomic E-state index is 4.85. The van der Waals surface area contributed by atoms with Gasteiger partial charge in [-0.2, -0.15) is 5.10 Å². The van der Waals surface area contributed by atoms with E-state index in [0.29, 0.717) is 12.6 Å². The van der Waals surface area contributed by atoms with E-state index in [1.165, 1.54) is 24.2 Å². The molecule has 3 rings (SSSR count). The van der Waals surface area contributed by atoms with Gasteiger partial charge in [0, 0.05) is 57.7 Å². The Labute approximate surface area is 204 Å². The van der Waals surface area contributed by atoms with Crippen molar-refractivity contribution in [2.24, 2.45) is 4.99 Å². The molecule has 1 aromatic carbocycles. The van der Waals surface area contributed by atoms with E-state index >= 15 is 0 Å². The number of aromatic nitrogens is 2. The van der Waals surface area contributed by atoms with Crippen LogP contribution >= 0.6 is 24.0 Å². The van der Waals surface area contributed by atoms with Crippen LogP contribution in [0.2, 0.25) is 0 Å². The molecule has 1 fully saturated rings. The number of halogens is 1. The fourth-order valence-corrected chi connectivity index (χ4v) is 3.83. The Morgan fingerprint density at radius 3 is 2.45 bits per heavy atom. The van der Waals surface area contributed by atoms with Gasteiger partial charge in [0.05, 0.1) is 13.1 Å². The molecule has 1 unspecified atom stereocenters. The average Bonchev–Trinajstić information content (AvgIpc) is 3.29. The lowest BCUT2D eigenvalue weighted by Gasteiger charge is -2.37. The summed E-state index contributed by atoms with van der Waals surface area (Å²) >= 11 is 0. The van der Waals surface area contributed by atoms with Gasteiger partial charge in [-0.1, -0.05) is 31.2 Å². The summed E-state index contributed by atoms with van der Waals surface area (Å²) in [7, 11) is 0. The minimum atomic E-state index is 0. The molecule has 0 radical (unpaired) electrons. The van der Waals surface area contributed by atoms with Gasteiger partial charge in [-0.05, 0) is 37.6 Å². The highest BCUT2D eigenvalue weighted by Gasteiger charge is 2.20. The van der Waals surface area contributed by atoms with E-state index in [0.717, 1.165) is 45.2 Å². The topological polar surface area (TPSA) is 60.7 Å². The van der Waals surface area contributed by atoms with Crippen LogP contribution in [0.4, 0.5) is 0 Å². The molecule has 1 atom stereocenters. The maximum absolute atomic E-state index is 4.85. The Bertz CT molecular complexity index is 770. The molecule has 1 aliphatic rings. The molecule has 0 amide bonds. The summed E-state index contributed by atoms with van der Waals surface area (Å²) in [4.78, 5) is 9.94. The number of aliphatic imine (C=N–C) groups is 1. The third kappa shape index (κ3) is 8.08. The summed E-state index contributed by atoms with van der Waals surface area (Å²) in [6.45, 7) is 15.6. The lowest BCUT2D eigenvalue weighted by molar-refractivity contribution is 0.107. The molecule has 31 heavy (non-hydrogen) atoms. The number of guanidine groups is 1. The van der Waals surface area contributed by atoms with Gasteiger partial charge in [0.1, 0.15) is 0 Å². The van der Waals surface area contributed by atoms with Gasteiger partial charge in [0.2, 0.25) is 0 Å². The highest BCUT2D eigenvalue weighted by Crippen LogP contribution is 2.12. The Morgan fingerprint density at radius 1 is 1.06 bits per heavy atom. The molecular weight excluding hydrogens is 501 g/mol. The number of hydrogen-bond acceptors (Lipinski definition) is 4. The molecule has 0 saturated carbocycles. The van der Waals surface area contributed by atoms with Crippen molar-refractivity contribution in [1.29, 1.82) is 0 Å². The number of benzene rings is 1. The van der Waals surface area contributed by atoms with Crippen molar-refractivity contribution in [2.45, 2.75) is 39.9 Å². The fraction of sp³-hybridized carbons (Fsp3) is 0.565. The zero-order chi connectivity index (χ0) is 21.2. The minimum Gasteiger partial charge on any atom is -0.357 e. The van der Waals surface area contributed by atoms with Gasteiger partial charge >= 0.3 is 0 Å². The van der Waals surface area contributed by atoms with Crippen LogP contribution in [0, 0.1) is 0 Å². The van der Waals surface area contributed by atoms with Crippen molar-refractivity contribution in [1.82, 2.24) is 30.2 Å². The van der Waals surface area contributed by atoms with Gasteiger partial charge < -0.3 is 15.5 Å². The van der Waals surface area contributed by atoms with Crippen molar-refractivity contribution in [3.63, 3.8) is 0 Å². The first-order chi connectivity index (χ1) is 14.7. The molecule has 172 valence electrons. The van der Waals surface area contributed by atoms with E-state index in [1.807, 2.05) is 23.1 Å². The van der Waals surface area contributed by atoms with Crippen molar-refractivity contribution in [3.8, 4) is 0 Å². The molecule has 0 spiro atoms. The Balaban J connectivity index is 0.00000341. The van der Waals surface area contributed by atoms with Crippen LogP contribution in [0.25, 0.3) is 0 Å².